The summed E-state index contributed by atoms with van der Waals surface area (Å²) >= 11 is 1.50. The quantitative estimate of drug-likeness (QED) is 0.622. The molecule has 0 atom stereocenters. The van der Waals surface area contributed by atoms with Gasteiger partial charge in [-0.1, -0.05) is 37.3 Å². The van der Waals surface area contributed by atoms with Gasteiger partial charge in [-0.25, -0.2) is 4.98 Å². The maximum Gasteiger partial charge on any atom is 0.268 e. The van der Waals surface area contributed by atoms with Gasteiger partial charge >= 0.3 is 0 Å². The SMILES string of the molecule is Cc1nc(NC(=O)/C(C#N)=C/c2ccccc2)sc1CN1CCC(C)CC1. The number of hydrogen-bond donors (Lipinski definition) is 1. The minimum absolute atomic E-state index is 0.0700. The van der Waals surface area contributed by atoms with Gasteiger partial charge in [0.1, 0.15) is 11.6 Å². The van der Waals surface area contributed by atoms with Crippen molar-refractivity contribution in [1.29, 1.82) is 5.26 Å². The molecule has 27 heavy (non-hydrogen) atoms. The molecule has 0 saturated carbocycles. The maximum atomic E-state index is 12.4. The summed E-state index contributed by atoms with van der Waals surface area (Å²) in [6, 6.07) is 11.3. The number of hydrogen-bond acceptors (Lipinski definition) is 5. The molecule has 0 unspecified atom stereocenters. The van der Waals surface area contributed by atoms with E-state index >= 15 is 0 Å². The Morgan fingerprint density at radius 2 is 2.07 bits per heavy atom. The lowest BCUT2D eigenvalue weighted by molar-refractivity contribution is -0.112. The van der Waals surface area contributed by atoms with Gasteiger partial charge in [0.2, 0.25) is 0 Å². The van der Waals surface area contributed by atoms with Crippen molar-refractivity contribution < 1.29 is 4.79 Å². The first-order valence-electron chi connectivity index (χ1n) is 9.22. The highest BCUT2D eigenvalue weighted by Gasteiger charge is 2.19. The topological polar surface area (TPSA) is 69.0 Å². The van der Waals surface area contributed by atoms with E-state index in [1.165, 1.54) is 29.1 Å². The van der Waals surface area contributed by atoms with E-state index < -0.39 is 5.91 Å². The smallest absolute Gasteiger partial charge is 0.268 e. The number of likely N-dealkylation sites (tertiary alicyclic amines) is 1. The number of aromatic nitrogens is 1. The lowest BCUT2D eigenvalue weighted by Gasteiger charge is -2.29. The van der Waals surface area contributed by atoms with Crippen molar-refractivity contribution in [2.75, 3.05) is 18.4 Å². The lowest BCUT2D eigenvalue weighted by atomic mass is 9.99. The third-order valence-corrected chi connectivity index (χ3v) is 5.89. The molecule has 140 valence electrons. The fourth-order valence-electron chi connectivity index (χ4n) is 3.08. The number of nitrogens with one attached hydrogen (secondary N) is 1. The summed E-state index contributed by atoms with van der Waals surface area (Å²) in [6.45, 7) is 7.37. The monoisotopic (exact) mass is 380 g/mol. The summed E-state index contributed by atoms with van der Waals surface area (Å²) in [6.07, 6.45) is 4.06. The van der Waals surface area contributed by atoms with Crippen LogP contribution < -0.4 is 5.32 Å². The molecule has 3 rings (SSSR count). The van der Waals surface area contributed by atoms with Crippen LogP contribution in [0.5, 0.6) is 0 Å². The van der Waals surface area contributed by atoms with Crippen LogP contribution in [0.1, 0.15) is 35.9 Å². The number of carbonyl (C=O) groups excluding carboxylic acids is 1. The van der Waals surface area contributed by atoms with Crippen LogP contribution >= 0.6 is 11.3 Å². The van der Waals surface area contributed by atoms with Crippen LogP contribution in [0.3, 0.4) is 0 Å². The standard InChI is InChI=1S/C21H24N4OS/c1-15-8-10-25(11-9-15)14-19-16(2)23-21(27-19)24-20(26)18(13-22)12-17-6-4-3-5-7-17/h3-7,12,15H,8-11,14H2,1-2H3,(H,23,24,26)/b18-12+. The van der Waals surface area contributed by atoms with Crippen molar-refractivity contribution in [1.82, 2.24) is 9.88 Å². The molecule has 5 nitrogen and oxygen atoms in total. The molecule has 0 radical (unpaired) electrons. The minimum atomic E-state index is -0.423. The first kappa shape index (κ1) is 19.3. The van der Waals surface area contributed by atoms with E-state index in [-0.39, 0.29) is 5.57 Å². The average Bonchev–Trinajstić information content (AvgIpc) is 3.01. The van der Waals surface area contributed by atoms with Crippen LogP contribution in [0.25, 0.3) is 6.08 Å². The van der Waals surface area contributed by atoms with E-state index in [2.05, 4.69) is 22.1 Å². The largest absolute Gasteiger partial charge is 0.298 e. The van der Waals surface area contributed by atoms with Crippen molar-refractivity contribution in [2.24, 2.45) is 5.92 Å². The van der Waals surface area contributed by atoms with E-state index in [1.807, 2.05) is 43.3 Å². The summed E-state index contributed by atoms with van der Waals surface area (Å²) in [4.78, 5) is 20.5. The van der Waals surface area contributed by atoms with E-state index in [0.29, 0.717) is 5.13 Å². The second-order valence-electron chi connectivity index (χ2n) is 7.02. The number of aryl methyl sites for hydroxylation is 1. The third kappa shape index (κ3) is 5.25. The number of anilines is 1. The molecular weight excluding hydrogens is 356 g/mol. The van der Waals surface area contributed by atoms with Gasteiger partial charge in [0, 0.05) is 11.4 Å². The Morgan fingerprint density at radius 1 is 1.37 bits per heavy atom. The third-order valence-electron chi connectivity index (χ3n) is 4.83. The van der Waals surface area contributed by atoms with Gasteiger partial charge in [0.05, 0.1) is 5.69 Å². The van der Waals surface area contributed by atoms with Crippen LogP contribution in [0, 0.1) is 24.2 Å². The Bertz CT molecular complexity index is 858. The second-order valence-corrected chi connectivity index (χ2v) is 8.10. The number of rotatable bonds is 5. The summed E-state index contributed by atoms with van der Waals surface area (Å²) < 4.78 is 0. The predicted molar refractivity (Wildman–Crippen MR) is 109 cm³/mol. The number of amides is 1. The van der Waals surface area contributed by atoms with Crippen LogP contribution in [0.2, 0.25) is 0 Å². The van der Waals surface area contributed by atoms with Gasteiger partial charge in [-0.3, -0.25) is 15.0 Å². The predicted octanol–water partition coefficient (Wildman–Crippen LogP) is 4.23. The molecule has 1 aromatic carbocycles. The first-order chi connectivity index (χ1) is 13.0. The number of benzene rings is 1. The summed E-state index contributed by atoms with van der Waals surface area (Å²) in [5, 5.41) is 12.7. The molecule has 6 heteroatoms. The minimum Gasteiger partial charge on any atom is -0.298 e. The van der Waals surface area contributed by atoms with Gasteiger partial charge in [-0.15, -0.1) is 11.3 Å². The zero-order valence-electron chi connectivity index (χ0n) is 15.7. The number of thiazole rings is 1. The van der Waals surface area contributed by atoms with E-state index in [0.717, 1.165) is 36.8 Å². The molecule has 1 amide bonds. The summed E-state index contributed by atoms with van der Waals surface area (Å²) in [7, 11) is 0. The molecule has 2 heterocycles. The van der Waals surface area contributed by atoms with Crippen LogP contribution in [-0.4, -0.2) is 28.9 Å². The number of nitriles is 1. The Labute approximate surface area is 164 Å². The fourth-order valence-corrected chi connectivity index (χ4v) is 4.08. The Morgan fingerprint density at radius 3 is 2.74 bits per heavy atom. The molecular formula is C21H24N4OS. The van der Waals surface area contributed by atoms with Crippen molar-refractivity contribution in [3.63, 3.8) is 0 Å². The highest BCUT2D eigenvalue weighted by Crippen LogP contribution is 2.26. The van der Waals surface area contributed by atoms with Gasteiger partial charge in [-0.2, -0.15) is 5.26 Å². The molecule has 0 spiro atoms. The first-order valence-corrected chi connectivity index (χ1v) is 10.0. The van der Waals surface area contributed by atoms with E-state index in [9.17, 15) is 10.1 Å². The fraction of sp³-hybridized carbons (Fsp3) is 0.381. The number of piperidine rings is 1. The molecule has 0 aliphatic carbocycles. The molecule has 1 saturated heterocycles. The highest BCUT2D eigenvalue weighted by molar-refractivity contribution is 7.15. The van der Waals surface area contributed by atoms with E-state index in [4.69, 9.17) is 0 Å². The lowest BCUT2D eigenvalue weighted by Crippen LogP contribution is -2.32. The van der Waals surface area contributed by atoms with Gasteiger partial charge in [0.25, 0.3) is 5.91 Å². The Kier molecular flexibility index (Phi) is 6.38. The highest BCUT2D eigenvalue weighted by atomic mass is 32.1. The molecule has 1 aliphatic heterocycles. The van der Waals surface area contributed by atoms with E-state index in [1.54, 1.807) is 6.08 Å². The second kappa shape index (κ2) is 8.94. The van der Waals surface area contributed by atoms with Crippen LogP contribution in [0.4, 0.5) is 5.13 Å². The summed E-state index contributed by atoms with van der Waals surface area (Å²) in [5.41, 5.74) is 1.83. The average molecular weight is 381 g/mol. The summed E-state index contributed by atoms with van der Waals surface area (Å²) in [5.74, 6) is 0.382. The number of carbonyl (C=O) groups is 1. The molecule has 1 N–H and O–H groups in total. The van der Waals surface area contributed by atoms with Crippen molar-refractivity contribution >= 4 is 28.5 Å². The van der Waals surface area contributed by atoms with Gasteiger partial charge in [-0.05, 0) is 50.4 Å². The maximum absolute atomic E-state index is 12.4. The van der Waals surface area contributed by atoms with Crippen molar-refractivity contribution in [3.8, 4) is 6.07 Å². The molecule has 1 aliphatic rings. The normalized spacial score (nSPS) is 16.1. The molecule has 1 fully saturated rings. The Balaban J connectivity index is 1.66. The number of nitrogens with zero attached hydrogens (tertiary/aromatic N) is 3. The molecule has 1 aromatic heterocycles. The zero-order valence-corrected chi connectivity index (χ0v) is 16.6. The van der Waals surface area contributed by atoms with Crippen molar-refractivity contribution in [3.05, 3.63) is 52.0 Å². The molecule has 0 bridgehead atoms. The van der Waals surface area contributed by atoms with Crippen molar-refractivity contribution in [2.45, 2.75) is 33.2 Å². The molecule has 2 aromatic rings. The van der Waals surface area contributed by atoms with Crippen LogP contribution in [-0.2, 0) is 11.3 Å². The van der Waals surface area contributed by atoms with Gasteiger partial charge < -0.3 is 0 Å². The Hall–Kier alpha value is -2.49. The van der Waals surface area contributed by atoms with Gasteiger partial charge in [0.15, 0.2) is 5.13 Å². The zero-order chi connectivity index (χ0) is 19.2. The van der Waals surface area contributed by atoms with Crippen LogP contribution in [0.15, 0.2) is 35.9 Å².